The maximum absolute atomic E-state index is 5.87. The van der Waals surface area contributed by atoms with Crippen LogP contribution in [0, 0.1) is 5.92 Å². The summed E-state index contributed by atoms with van der Waals surface area (Å²) in [6.45, 7) is 6.76. The van der Waals surface area contributed by atoms with Crippen LogP contribution in [0.3, 0.4) is 0 Å². The number of likely N-dealkylation sites (tertiary alicyclic amines) is 1. The summed E-state index contributed by atoms with van der Waals surface area (Å²) < 4.78 is 0. The Labute approximate surface area is 97.7 Å². The van der Waals surface area contributed by atoms with Crippen LogP contribution in [-0.2, 0) is 6.54 Å². The minimum atomic E-state index is 0.656. The highest BCUT2D eigenvalue weighted by Crippen LogP contribution is 2.24. The van der Waals surface area contributed by atoms with Gasteiger partial charge in [-0.05, 0) is 38.3 Å². The Kier molecular flexibility index (Phi) is 3.44. The number of nitrogens with two attached hydrogens (primary N) is 1. The van der Waals surface area contributed by atoms with E-state index in [0.29, 0.717) is 11.9 Å². The highest BCUT2D eigenvalue weighted by atomic mass is 15.2. The number of rotatable bonds is 2. The lowest BCUT2D eigenvalue weighted by molar-refractivity contribution is 0.122. The number of piperidine rings is 1. The highest BCUT2D eigenvalue weighted by Gasteiger charge is 2.23. The summed E-state index contributed by atoms with van der Waals surface area (Å²) >= 11 is 0. The van der Waals surface area contributed by atoms with Crippen molar-refractivity contribution >= 4 is 5.82 Å². The molecule has 1 fully saturated rings. The topological polar surface area (TPSA) is 42.2 Å². The zero-order valence-electron chi connectivity index (χ0n) is 10.2. The second-order valence-corrected chi connectivity index (χ2v) is 5.00. The zero-order valence-corrected chi connectivity index (χ0v) is 10.2. The van der Waals surface area contributed by atoms with Crippen LogP contribution in [0.4, 0.5) is 5.82 Å². The Hall–Kier alpha value is -1.09. The zero-order chi connectivity index (χ0) is 11.5. The monoisotopic (exact) mass is 219 g/mol. The fraction of sp³-hybridized carbons (Fsp3) is 0.615. The molecule has 88 valence electrons. The number of nitrogen functional groups attached to an aromatic ring is 1. The van der Waals surface area contributed by atoms with Crippen LogP contribution in [0.1, 0.15) is 32.3 Å². The lowest BCUT2D eigenvalue weighted by Crippen LogP contribution is -2.39. The van der Waals surface area contributed by atoms with E-state index in [9.17, 15) is 0 Å². The average molecular weight is 219 g/mol. The maximum Gasteiger partial charge on any atom is 0.127 e. The molecule has 0 aromatic carbocycles. The summed E-state index contributed by atoms with van der Waals surface area (Å²) in [4.78, 5) is 6.64. The first-order valence-electron chi connectivity index (χ1n) is 6.10. The van der Waals surface area contributed by atoms with Gasteiger partial charge in [0.1, 0.15) is 5.82 Å². The van der Waals surface area contributed by atoms with E-state index in [-0.39, 0.29) is 0 Å². The molecule has 1 aromatic heterocycles. The quantitative estimate of drug-likeness (QED) is 0.829. The summed E-state index contributed by atoms with van der Waals surface area (Å²) in [7, 11) is 0. The highest BCUT2D eigenvalue weighted by molar-refractivity contribution is 5.38. The third-order valence-electron chi connectivity index (χ3n) is 3.58. The lowest BCUT2D eigenvalue weighted by atomic mass is 9.93. The number of pyridine rings is 1. The lowest BCUT2D eigenvalue weighted by Gasteiger charge is -2.36. The van der Waals surface area contributed by atoms with Gasteiger partial charge in [0.2, 0.25) is 0 Å². The summed E-state index contributed by atoms with van der Waals surface area (Å²) in [5.41, 5.74) is 7.03. The van der Waals surface area contributed by atoms with Gasteiger partial charge in [0.15, 0.2) is 0 Å². The Morgan fingerprint density at radius 2 is 2.31 bits per heavy atom. The molecule has 0 spiro atoms. The Balaban J connectivity index is 2.02. The van der Waals surface area contributed by atoms with E-state index < -0.39 is 0 Å². The molecular formula is C13H21N3. The van der Waals surface area contributed by atoms with Crippen molar-refractivity contribution in [3.63, 3.8) is 0 Å². The smallest absolute Gasteiger partial charge is 0.127 e. The van der Waals surface area contributed by atoms with Crippen molar-refractivity contribution in [2.45, 2.75) is 39.3 Å². The minimum Gasteiger partial charge on any atom is -0.383 e. The molecule has 0 aliphatic carbocycles. The molecule has 16 heavy (non-hydrogen) atoms. The molecule has 1 aromatic rings. The Bertz CT molecular complexity index is 351. The number of aromatic nitrogens is 1. The summed E-state index contributed by atoms with van der Waals surface area (Å²) in [5, 5.41) is 0. The molecule has 0 radical (unpaired) electrons. The van der Waals surface area contributed by atoms with Gasteiger partial charge in [-0.2, -0.15) is 0 Å². The number of anilines is 1. The predicted molar refractivity (Wildman–Crippen MR) is 66.9 cm³/mol. The standard InChI is InChI=1S/C13H21N3/c1-10-5-7-16(11(2)8-10)9-12-4-3-6-15-13(12)14/h3-4,6,10-11H,5,7-9H2,1-2H3,(H2,14,15). The fourth-order valence-electron chi connectivity index (χ4n) is 2.49. The van der Waals surface area contributed by atoms with Gasteiger partial charge in [0.25, 0.3) is 0 Å². The Morgan fingerprint density at radius 1 is 1.50 bits per heavy atom. The van der Waals surface area contributed by atoms with Crippen LogP contribution < -0.4 is 5.73 Å². The van der Waals surface area contributed by atoms with Gasteiger partial charge in [0.05, 0.1) is 0 Å². The van der Waals surface area contributed by atoms with E-state index in [1.807, 2.05) is 6.07 Å². The van der Waals surface area contributed by atoms with E-state index in [2.05, 4.69) is 29.8 Å². The summed E-state index contributed by atoms with van der Waals surface area (Å²) in [6, 6.07) is 4.69. The number of nitrogens with zero attached hydrogens (tertiary/aromatic N) is 2. The van der Waals surface area contributed by atoms with E-state index in [4.69, 9.17) is 5.73 Å². The predicted octanol–water partition coefficient (Wildman–Crippen LogP) is 2.28. The van der Waals surface area contributed by atoms with Crippen LogP contribution in [0.2, 0.25) is 0 Å². The van der Waals surface area contributed by atoms with Gasteiger partial charge in [-0.25, -0.2) is 4.98 Å². The summed E-state index contributed by atoms with van der Waals surface area (Å²) in [6.07, 6.45) is 4.34. The largest absolute Gasteiger partial charge is 0.383 e. The van der Waals surface area contributed by atoms with Gasteiger partial charge >= 0.3 is 0 Å². The molecule has 3 nitrogen and oxygen atoms in total. The second kappa shape index (κ2) is 4.83. The van der Waals surface area contributed by atoms with Crippen LogP contribution in [0.15, 0.2) is 18.3 Å². The van der Waals surface area contributed by atoms with Crippen LogP contribution in [0.5, 0.6) is 0 Å². The molecule has 0 bridgehead atoms. The van der Waals surface area contributed by atoms with Crippen molar-refractivity contribution in [2.75, 3.05) is 12.3 Å². The molecule has 2 heterocycles. The van der Waals surface area contributed by atoms with Gasteiger partial charge in [0, 0.05) is 24.3 Å². The molecule has 2 N–H and O–H groups in total. The van der Waals surface area contributed by atoms with Crippen LogP contribution in [0.25, 0.3) is 0 Å². The molecule has 2 unspecified atom stereocenters. The van der Waals surface area contributed by atoms with Crippen LogP contribution in [-0.4, -0.2) is 22.5 Å². The Morgan fingerprint density at radius 3 is 3.00 bits per heavy atom. The van der Waals surface area contributed by atoms with Gasteiger partial charge in [-0.1, -0.05) is 13.0 Å². The molecule has 1 aliphatic heterocycles. The van der Waals surface area contributed by atoms with Crippen molar-refractivity contribution in [1.29, 1.82) is 0 Å². The third-order valence-corrected chi connectivity index (χ3v) is 3.58. The molecule has 2 atom stereocenters. The van der Waals surface area contributed by atoms with Crippen molar-refractivity contribution in [3.05, 3.63) is 23.9 Å². The van der Waals surface area contributed by atoms with E-state index in [1.165, 1.54) is 19.4 Å². The van der Waals surface area contributed by atoms with Gasteiger partial charge in [-0.15, -0.1) is 0 Å². The average Bonchev–Trinajstić information content (AvgIpc) is 2.25. The normalized spacial score (nSPS) is 26.9. The number of hydrogen-bond donors (Lipinski definition) is 1. The minimum absolute atomic E-state index is 0.656. The first-order chi connectivity index (χ1) is 7.66. The molecule has 0 amide bonds. The van der Waals surface area contributed by atoms with Gasteiger partial charge < -0.3 is 5.73 Å². The fourth-order valence-corrected chi connectivity index (χ4v) is 2.49. The van der Waals surface area contributed by atoms with E-state index in [1.54, 1.807) is 6.20 Å². The molecular weight excluding hydrogens is 198 g/mol. The molecule has 1 saturated heterocycles. The molecule has 3 heteroatoms. The first-order valence-corrected chi connectivity index (χ1v) is 6.10. The van der Waals surface area contributed by atoms with Crippen molar-refractivity contribution in [3.8, 4) is 0 Å². The van der Waals surface area contributed by atoms with E-state index >= 15 is 0 Å². The molecule has 1 aliphatic rings. The first kappa shape index (κ1) is 11.4. The van der Waals surface area contributed by atoms with Gasteiger partial charge in [-0.3, -0.25) is 4.90 Å². The molecule has 0 saturated carbocycles. The van der Waals surface area contributed by atoms with E-state index in [0.717, 1.165) is 18.0 Å². The summed E-state index contributed by atoms with van der Waals surface area (Å²) in [5.74, 6) is 1.53. The van der Waals surface area contributed by atoms with Crippen LogP contribution >= 0.6 is 0 Å². The molecule has 2 rings (SSSR count). The van der Waals surface area contributed by atoms with Crippen molar-refractivity contribution in [1.82, 2.24) is 9.88 Å². The number of hydrogen-bond acceptors (Lipinski definition) is 3. The SMILES string of the molecule is CC1CCN(Cc2cccnc2N)C(C)C1. The maximum atomic E-state index is 5.87. The van der Waals surface area contributed by atoms with Crippen molar-refractivity contribution < 1.29 is 0 Å². The van der Waals surface area contributed by atoms with Crippen molar-refractivity contribution in [2.24, 2.45) is 5.92 Å². The third kappa shape index (κ3) is 2.53. The second-order valence-electron chi connectivity index (χ2n) is 5.00.